The summed E-state index contributed by atoms with van der Waals surface area (Å²) >= 11 is 0. The van der Waals surface area contributed by atoms with E-state index in [9.17, 15) is 0 Å². The molecule has 2 atom stereocenters. The van der Waals surface area contributed by atoms with Crippen LogP contribution in [0.1, 0.15) is 45.2 Å². The highest BCUT2D eigenvalue weighted by molar-refractivity contribution is 6.15. The minimum atomic E-state index is 0.127. The van der Waals surface area contributed by atoms with Gasteiger partial charge in [-0.1, -0.05) is 170 Å². The van der Waals surface area contributed by atoms with Crippen molar-refractivity contribution in [1.29, 1.82) is 0 Å². The minimum Gasteiger partial charge on any atom is -0.456 e. The first kappa shape index (κ1) is 30.5. The molecule has 1 heterocycles. The Labute approximate surface area is 319 Å². The van der Waals surface area contributed by atoms with Gasteiger partial charge in [-0.3, -0.25) is 0 Å². The van der Waals surface area contributed by atoms with E-state index in [2.05, 4.69) is 188 Å². The highest BCUT2D eigenvalue weighted by atomic mass is 16.3. The second-order valence-electron chi connectivity index (χ2n) is 15.1. The molecule has 1 heteroatoms. The van der Waals surface area contributed by atoms with E-state index in [4.69, 9.17) is 4.42 Å². The van der Waals surface area contributed by atoms with Crippen LogP contribution >= 0.6 is 0 Å². The molecule has 0 saturated carbocycles. The smallest absolute Gasteiger partial charge is 0.136 e. The fourth-order valence-corrected chi connectivity index (χ4v) is 9.93. The molecule has 2 aliphatic carbocycles. The van der Waals surface area contributed by atoms with Crippen molar-refractivity contribution in [1.82, 2.24) is 0 Å². The molecule has 2 aliphatic rings. The molecule has 0 spiro atoms. The zero-order valence-corrected chi connectivity index (χ0v) is 30.0. The second-order valence-corrected chi connectivity index (χ2v) is 15.1. The third kappa shape index (κ3) is 4.47. The van der Waals surface area contributed by atoms with Gasteiger partial charge in [-0.2, -0.15) is 0 Å². The Morgan fingerprint density at radius 1 is 0.291 bits per heavy atom. The first-order chi connectivity index (χ1) is 27.3. The van der Waals surface area contributed by atoms with Crippen molar-refractivity contribution in [2.75, 3.05) is 0 Å². The zero-order valence-electron chi connectivity index (χ0n) is 30.0. The van der Waals surface area contributed by atoms with E-state index < -0.39 is 0 Å². The highest BCUT2D eigenvalue weighted by Crippen LogP contribution is 2.53. The highest BCUT2D eigenvalue weighted by Gasteiger charge is 2.33. The maximum absolute atomic E-state index is 6.31. The lowest BCUT2D eigenvalue weighted by molar-refractivity contribution is 0.669. The molecule has 0 N–H and O–H groups in total. The Hall–Kier alpha value is -6.96. The molecule has 0 radical (unpaired) electrons. The van der Waals surface area contributed by atoms with E-state index in [0.717, 1.165) is 16.6 Å². The van der Waals surface area contributed by atoms with Gasteiger partial charge < -0.3 is 4.42 Å². The van der Waals surface area contributed by atoms with Crippen LogP contribution in [0.15, 0.2) is 199 Å². The Balaban J connectivity index is 0.999. The number of furan rings is 1. The summed E-state index contributed by atoms with van der Waals surface area (Å²) in [6.07, 6.45) is 0. The van der Waals surface area contributed by atoms with Gasteiger partial charge in [0.2, 0.25) is 0 Å². The minimum absolute atomic E-state index is 0.127. The number of hydrogen-bond acceptors (Lipinski definition) is 1. The summed E-state index contributed by atoms with van der Waals surface area (Å²) < 4.78 is 6.31. The lowest BCUT2D eigenvalue weighted by Crippen LogP contribution is -2.01. The van der Waals surface area contributed by atoms with Crippen LogP contribution in [-0.4, -0.2) is 0 Å². The van der Waals surface area contributed by atoms with Gasteiger partial charge in [-0.25, -0.2) is 0 Å². The van der Waals surface area contributed by atoms with Crippen molar-refractivity contribution in [3.05, 3.63) is 228 Å². The molecule has 55 heavy (non-hydrogen) atoms. The van der Waals surface area contributed by atoms with Gasteiger partial charge in [0.15, 0.2) is 0 Å². The zero-order chi connectivity index (χ0) is 36.0. The topological polar surface area (TPSA) is 13.1 Å². The number of para-hydroxylation sites is 1. The molecular formula is C54H34O. The average molecular weight is 699 g/mol. The second kappa shape index (κ2) is 11.8. The van der Waals surface area contributed by atoms with Crippen LogP contribution in [0, 0.1) is 0 Å². The first-order valence-corrected chi connectivity index (χ1v) is 19.2. The molecule has 2 unspecified atom stereocenters. The summed E-state index contributed by atoms with van der Waals surface area (Å²) in [6.45, 7) is 0. The van der Waals surface area contributed by atoms with Crippen LogP contribution in [0.5, 0.6) is 0 Å². The molecule has 0 aliphatic heterocycles. The molecule has 0 fully saturated rings. The Morgan fingerprint density at radius 2 is 0.855 bits per heavy atom. The van der Waals surface area contributed by atoms with Crippen LogP contribution in [0.3, 0.4) is 0 Å². The molecule has 0 saturated heterocycles. The fourth-order valence-electron chi connectivity index (χ4n) is 9.93. The van der Waals surface area contributed by atoms with E-state index in [1.807, 2.05) is 6.07 Å². The van der Waals surface area contributed by atoms with Crippen molar-refractivity contribution < 1.29 is 4.42 Å². The van der Waals surface area contributed by atoms with Gasteiger partial charge in [-0.15, -0.1) is 0 Å². The number of hydrogen-bond donors (Lipinski definition) is 0. The Morgan fingerprint density at radius 3 is 1.75 bits per heavy atom. The average Bonchev–Trinajstić information content (AvgIpc) is 3.91. The third-order valence-electron chi connectivity index (χ3n) is 12.3. The van der Waals surface area contributed by atoms with E-state index in [1.54, 1.807) is 0 Å². The third-order valence-corrected chi connectivity index (χ3v) is 12.3. The van der Waals surface area contributed by atoms with E-state index >= 15 is 0 Å². The summed E-state index contributed by atoms with van der Waals surface area (Å²) in [5.41, 5.74) is 20.3. The molecule has 10 aromatic rings. The van der Waals surface area contributed by atoms with Gasteiger partial charge in [0, 0.05) is 22.6 Å². The summed E-state index contributed by atoms with van der Waals surface area (Å²) in [4.78, 5) is 0. The van der Waals surface area contributed by atoms with E-state index in [-0.39, 0.29) is 11.8 Å². The van der Waals surface area contributed by atoms with E-state index in [0.29, 0.717) is 0 Å². The predicted molar refractivity (Wildman–Crippen MR) is 228 cm³/mol. The van der Waals surface area contributed by atoms with Gasteiger partial charge >= 0.3 is 0 Å². The first-order valence-electron chi connectivity index (χ1n) is 19.2. The largest absolute Gasteiger partial charge is 0.456 e. The fraction of sp³-hybridized carbons (Fsp3) is 0.0370. The molecule has 1 nitrogen and oxygen atoms in total. The van der Waals surface area contributed by atoms with Gasteiger partial charge in [0.25, 0.3) is 0 Å². The molecule has 12 rings (SSSR count). The summed E-state index contributed by atoms with van der Waals surface area (Å²) in [7, 11) is 0. The van der Waals surface area contributed by atoms with Crippen molar-refractivity contribution in [2.45, 2.75) is 11.8 Å². The van der Waals surface area contributed by atoms with Crippen LogP contribution in [0.2, 0.25) is 0 Å². The molecule has 9 aromatic carbocycles. The Bertz CT molecular complexity index is 3160. The summed E-state index contributed by atoms with van der Waals surface area (Å²) in [5, 5.41) is 4.86. The van der Waals surface area contributed by atoms with Crippen LogP contribution in [0.25, 0.3) is 77.2 Å². The van der Waals surface area contributed by atoms with Crippen molar-refractivity contribution in [2.24, 2.45) is 0 Å². The van der Waals surface area contributed by atoms with Crippen molar-refractivity contribution in [3.63, 3.8) is 0 Å². The monoisotopic (exact) mass is 698 g/mol. The standard InChI is InChI=1S/C54H34O/c1-2-13-33(14-3-1)52-42-17-6-4-15-37(42)41-29-27-35(32-49(41)52)34-28-30-46-48(31-34)40-16-5-7-18-43(40)53(46)44-23-11-20-36-38(44)21-10-22-39(36)45-24-12-26-51-54(45)47-19-8-9-25-50(47)55-51/h1-32,52-53H. The molecule has 0 amide bonds. The number of fused-ring (bicyclic) bond motifs is 10. The SMILES string of the molecule is c1ccc(C2c3ccccc3-c3ccc(-c4ccc5c(c4)-c4ccccc4C5c4cccc5c(-c6cccc7oc8ccccc8c67)cccc45)cc32)cc1. The van der Waals surface area contributed by atoms with Gasteiger partial charge in [-0.05, 0) is 113 Å². The molecule has 256 valence electrons. The van der Waals surface area contributed by atoms with E-state index in [1.165, 1.54) is 94.0 Å². The number of rotatable bonds is 4. The molecule has 1 aromatic heterocycles. The van der Waals surface area contributed by atoms with Gasteiger partial charge in [0.1, 0.15) is 11.2 Å². The normalized spacial score (nSPS) is 15.3. The van der Waals surface area contributed by atoms with Crippen LogP contribution in [0.4, 0.5) is 0 Å². The van der Waals surface area contributed by atoms with Crippen LogP contribution in [-0.2, 0) is 0 Å². The quantitative estimate of drug-likeness (QED) is 0.178. The van der Waals surface area contributed by atoms with Crippen LogP contribution < -0.4 is 0 Å². The summed E-state index contributed by atoms with van der Waals surface area (Å²) in [5.74, 6) is 0.351. The Kier molecular flexibility index (Phi) is 6.53. The predicted octanol–water partition coefficient (Wildman–Crippen LogP) is 14.4. The maximum atomic E-state index is 6.31. The van der Waals surface area contributed by atoms with Crippen molar-refractivity contribution in [3.8, 4) is 44.5 Å². The summed E-state index contributed by atoms with van der Waals surface area (Å²) in [6, 6.07) is 71.7. The molecule has 0 bridgehead atoms. The van der Waals surface area contributed by atoms with Crippen molar-refractivity contribution >= 4 is 32.7 Å². The van der Waals surface area contributed by atoms with Gasteiger partial charge in [0.05, 0.1) is 0 Å². The number of benzene rings is 9. The molecular weight excluding hydrogens is 665 g/mol. The maximum Gasteiger partial charge on any atom is 0.136 e. The lowest BCUT2D eigenvalue weighted by Gasteiger charge is -2.19. The lowest BCUT2D eigenvalue weighted by atomic mass is 9.84.